The van der Waals surface area contributed by atoms with Crippen LogP contribution in [-0.2, 0) is 4.74 Å². The summed E-state index contributed by atoms with van der Waals surface area (Å²) in [5.74, 6) is 0. The molecule has 0 spiro atoms. The lowest BCUT2D eigenvalue weighted by Crippen LogP contribution is -2.09. The highest BCUT2D eigenvalue weighted by Gasteiger charge is 2.14. The molecule has 1 aliphatic heterocycles. The molecule has 1 fully saturated rings. The zero-order chi connectivity index (χ0) is 12.1. The molecule has 1 aliphatic rings. The van der Waals surface area contributed by atoms with Crippen molar-refractivity contribution in [3.8, 4) is 0 Å². The van der Waals surface area contributed by atoms with Gasteiger partial charge >= 0.3 is 0 Å². The fourth-order valence-electron chi connectivity index (χ4n) is 2.06. The van der Waals surface area contributed by atoms with Gasteiger partial charge in [0.25, 0.3) is 0 Å². The van der Waals surface area contributed by atoms with Crippen LogP contribution < -0.4 is 5.32 Å². The van der Waals surface area contributed by atoms with Crippen LogP contribution in [0.5, 0.6) is 0 Å². The highest BCUT2D eigenvalue weighted by Crippen LogP contribution is 2.24. The minimum atomic E-state index is 0.489. The Morgan fingerprint density at radius 2 is 2.35 bits per heavy atom. The predicted octanol–water partition coefficient (Wildman–Crippen LogP) is 4.32. The van der Waals surface area contributed by atoms with Crippen LogP contribution in [0.2, 0.25) is 5.02 Å². The topological polar surface area (TPSA) is 21.3 Å². The van der Waals surface area contributed by atoms with Gasteiger partial charge in [-0.3, -0.25) is 0 Å². The molecule has 2 nitrogen and oxygen atoms in total. The van der Waals surface area contributed by atoms with E-state index in [-0.39, 0.29) is 0 Å². The summed E-state index contributed by atoms with van der Waals surface area (Å²) in [6.07, 6.45) is 5.22. The van der Waals surface area contributed by atoms with Gasteiger partial charge in [0.2, 0.25) is 0 Å². The maximum Gasteiger partial charge on any atom is 0.0638 e. The number of rotatable bonds is 5. The molecular weight excluding hydrogens is 349 g/mol. The van der Waals surface area contributed by atoms with Crippen molar-refractivity contribution >= 4 is 39.9 Å². The quantitative estimate of drug-likeness (QED) is 0.620. The standard InChI is InChI=1S/C13H17ClINO/c14-12-6-5-10(15)9-13(12)16-7-1-3-11-4-2-8-17-11/h5-6,9,11,16H,1-4,7-8H2. The molecule has 0 aliphatic carbocycles. The molecule has 0 bridgehead atoms. The minimum absolute atomic E-state index is 0.489. The van der Waals surface area contributed by atoms with E-state index in [4.69, 9.17) is 16.3 Å². The second-order valence-electron chi connectivity index (χ2n) is 4.33. The van der Waals surface area contributed by atoms with E-state index in [1.807, 2.05) is 12.1 Å². The summed E-state index contributed by atoms with van der Waals surface area (Å²) < 4.78 is 6.80. The molecular formula is C13H17ClINO. The van der Waals surface area contributed by atoms with Gasteiger partial charge in [0.05, 0.1) is 16.8 Å². The Balaban J connectivity index is 1.72. The second-order valence-corrected chi connectivity index (χ2v) is 5.98. The summed E-state index contributed by atoms with van der Waals surface area (Å²) >= 11 is 8.41. The zero-order valence-electron chi connectivity index (χ0n) is 9.72. The van der Waals surface area contributed by atoms with Crippen LogP contribution in [0, 0.1) is 3.57 Å². The lowest BCUT2D eigenvalue weighted by atomic mass is 10.1. The van der Waals surface area contributed by atoms with Crippen LogP contribution >= 0.6 is 34.2 Å². The van der Waals surface area contributed by atoms with Gasteiger partial charge in [-0.05, 0) is 66.5 Å². The Kier molecular flexibility index (Phi) is 5.38. The van der Waals surface area contributed by atoms with E-state index in [0.29, 0.717) is 6.10 Å². The molecule has 4 heteroatoms. The van der Waals surface area contributed by atoms with Crippen molar-refractivity contribution in [1.82, 2.24) is 0 Å². The molecule has 1 atom stereocenters. The summed E-state index contributed by atoms with van der Waals surface area (Å²) in [7, 11) is 0. The lowest BCUT2D eigenvalue weighted by Gasteiger charge is -2.11. The number of anilines is 1. The molecule has 2 rings (SSSR count). The third kappa shape index (κ3) is 4.30. The second kappa shape index (κ2) is 6.81. The molecule has 1 N–H and O–H groups in total. The van der Waals surface area contributed by atoms with Gasteiger partial charge in [-0.1, -0.05) is 11.6 Å². The van der Waals surface area contributed by atoms with Crippen molar-refractivity contribution in [2.75, 3.05) is 18.5 Å². The first kappa shape index (κ1) is 13.4. The number of halogens is 2. The summed E-state index contributed by atoms with van der Waals surface area (Å²) in [6.45, 7) is 1.90. The maximum atomic E-state index is 6.11. The van der Waals surface area contributed by atoms with Crippen molar-refractivity contribution in [2.45, 2.75) is 31.8 Å². The zero-order valence-corrected chi connectivity index (χ0v) is 12.6. The van der Waals surface area contributed by atoms with Gasteiger partial charge in [0.15, 0.2) is 0 Å². The Bertz CT molecular complexity index is 366. The monoisotopic (exact) mass is 365 g/mol. The molecule has 1 saturated heterocycles. The average Bonchev–Trinajstić information content (AvgIpc) is 2.82. The van der Waals surface area contributed by atoms with Crippen LogP contribution in [-0.4, -0.2) is 19.3 Å². The summed E-state index contributed by atoms with van der Waals surface area (Å²) in [6, 6.07) is 6.03. The van der Waals surface area contributed by atoms with Crippen molar-refractivity contribution in [2.24, 2.45) is 0 Å². The number of nitrogens with one attached hydrogen (secondary N) is 1. The number of ether oxygens (including phenoxy) is 1. The highest BCUT2D eigenvalue weighted by atomic mass is 127. The van der Waals surface area contributed by atoms with E-state index in [2.05, 4.69) is 34.0 Å². The molecule has 1 aromatic rings. The normalized spacial score (nSPS) is 19.5. The van der Waals surface area contributed by atoms with E-state index < -0.39 is 0 Å². The number of hydrogen-bond donors (Lipinski definition) is 1. The largest absolute Gasteiger partial charge is 0.384 e. The Morgan fingerprint density at radius 1 is 1.47 bits per heavy atom. The van der Waals surface area contributed by atoms with Crippen LogP contribution in [0.4, 0.5) is 5.69 Å². The first-order chi connectivity index (χ1) is 8.25. The Hall–Kier alpha value is -0.0000000000000000763. The van der Waals surface area contributed by atoms with E-state index in [9.17, 15) is 0 Å². The molecule has 0 saturated carbocycles. The van der Waals surface area contributed by atoms with Gasteiger partial charge in [-0.2, -0.15) is 0 Å². The van der Waals surface area contributed by atoms with Gasteiger partial charge in [-0.25, -0.2) is 0 Å². The third-order valence-corrected chi connectivity index (χ3v) is 3.97. The van der Waals surface area contributed by atoms with Crippen LogP contribution in [0.25, 0.3) is 0 Å². The van der Waals surface area contributed by atoms with Crippen molar-refractivity contribution in [3.05, 3.63) is 26.8 Å². The van der Waals surface area contributed by atoms with E-state index in [0.717, 1.165) is 36.7 Å². The van der Waals surface area contributed by atoms with Crippen LogP contribution in [0.3, 0.4) is 0 Å². The highest BCUT2D eigenvalue weighted by molar-refractivity contribution is 14.1. The van der Waals surface area contributed by atoms with Crippen molar-refractivity contribution in [1.29, 1.82) is 0 Å². The SMILES string of the molecule is Clc1ccc(I)cc1NCCCC1CCCO1. The smallest absolute Gasteiger partial charge is 0.0638 e. The molecule has 1 aromatic carbocycles. The molecule has 0 radical (unpaired) electrons. The number of benzene rings is 1. The van der Waals surface area contributed by atoms with E-state index in [1.54, 1.807) is 0 Å². The third-order valence-electron chi connectivity index (χ3n) is 2.97. The summed E-state index contributed by atoms with van der Waals surface area (Å²) in [5.41, 5.74) is 1.03. The summed E-state index contributed by atoms with van der Waals surface area (Å²) in [4.78, 5) is 0. The molecule has 0 aromatic heterocycles. The predicted molar refractivity (Wildman–Crippen MR) is 80.9 cm³/mol. The molecule has 0 amide bonds. The average molecular weight is 366 g/mol. The first-order valence-corrected chi connectivity index (χ1v) is 7.52. The van der Waals surface area contributed by atoms with Crippen LogP contribution in [0.1, 0.15) is 25.7 Å². The van der Waals surface area contributed by atoms with Crippen molar-refractivity contribution < 1.29 is 4.74 Å². The Labute approximate surface area is 121 Å². The van der Waals surface area contributed by atoms with E-state index in [1.165, 1.54) is 16.4 Å². The van der Waals surface area contributed by atoms with E-state index >= 15 is 0 Å². The Morgan fingerprint density at radius 3 is 3.12 bits per heavy atom. The fourth-order valence-corrected chi connectivity index (χ4v) is 2.73. The lowest BCUT2D eigenvalue weighted by molar-refractivity contribution is 0.103. The van der Waals surface area contributed by atoms with Gasteiger partial charge in [0.1, 0.15) is 0 Å². The molecule has 1 unspecified atom stereocenters. The van der Waals surface area contributed by atoms with Gasteiger partial charge in [-0.15, -0.1) is 0 Å². The summed E-state index contributed by atoms with van der Waals surface area (Å²) in [5, 5.41) is 4.18. The van der Waals surface area contributed by atoms with Gasteiger partial charge in [0, 0.05) is 16.7 Å². The molecule has 17 heavy (non-hydrogen) atoms. The minimum Gasteiger partial charge on any atom is -0.384 e. The van der Waals surface area contributed by atoms with Crippen molar-refractivity contribution in [3.63, 3.8) is 0 Å². The molecule has 94 valence electrons. The number of hydrogen-bond acceptors (Lipinski definition) is 2. The van der Waals surface area contributed by atoms with Gasteiger partial charge < -0.3 is 10.1 Å². The maximum absolute atomic E-state index is 6.11. The molecule has 1 heterocycles. The van der Waals surface area contributed by atoms with Crippen LogP contribution in [0.15, 0.2) is 18.2 Å². The first-order valence-electron chi connectivity index (χ1n) is 6.06. The fraction of sp³-hybridized carbons (Fsp3) is 0.538.